The van der Waals surface area contributed by atoms with E-state index in [9.17, 15) is 4.79 Å². The molecule has 0 bridgehead atoms. The molecule has 1 fully saturated rings. The third-order valence-electron chi connectivity index (χ3n) is 5.00. The van der Waals surface area contributed by atoms with E-state index in [0.29, 0.717) is 13.0 Å². The zero-order chi connectivity index (χ0) is 18.4. The summed E-state index contributed by atoms with van der Waals surface area (Å²) in [6.45, 7) is 4.91. The average molecular weight is 352 g/mol. The highest BCUT2D eigenvalue weighted by atomic mass is 16.5. The fourth-order valence-electron chi connectivity index (χ4n) is 3.44. The molecule has 0 aliphatic carbocycles. The minimum atomic E-state index is 0.0853. The van der Waals surface area contributed by atoms with Gasteiger partial charge >= 0.3 is 0 Å². The molecule has 0 atom stereocenters. The largest absolute Gasteiger partial charge is 0.496 e. The summed E-state index contributed by atoms with van der Waals surface area (Å²) in [5.74, 6) is 0.970. The van der Waals surface area contributed by atoms with Crippen molar-refractivity contribution in [3.8, 4) is 5.75 Å². The van der Waals surface area contributed by atoms with Gasteiger partial charge in [0.1, 0.15) is 5.75 Å². The molecule has 0 unspecified atom stereocenters. The SMILES string of the molecule is COc1ccc(CCC(=O)NCc2ccc(N3CCCC3)cc2)cc1C. The molecule has 1 amide bonds. The van der Waals surface area contributed by atoms with Gasteiger partial charge in [-0.05, 0) is 61.1 Å². The predicted molar refractivity (Wildman–Crippen MR) is 106 cm³/mol. The number of carbonyl (C=O) groups excluding carboxylic acids is 1. The van der Waals surface area contributed by atoms with E-state index in [1.54, 1.807) is 7.11 Å². The van der Waals surface area contributed by atoms with Crippen molar-refractivity contribution in [3.63, 3.8) is 0 Å². The van der Waals surface area contributed by atoms with Gasteiger partial charge in [-0.1, -0.05) is 24.3 Å². The van der Waals surface area contributed by atoms with Gasteiger partial charge in [-0.25, -0.2) is 0 Å². The van der Waals surface area contributed by atoms with Gasteiger partial charge in [0.25, 0.3) is 0 Å². The van der Waals surface area contributed by atoms with Gasteiger partial charge in [0, 0.05) is 31.7 Å². The first kappa shape index (κ1) is 18.3. The molecule has 0 spiro atoms. The van der Waals surface area contributed by atoms with E-state index in [1.807, 2.05) is 19.1 Å². The molecule has 1 heterocycles. The summed E-state index contributed by atoms with van der Waals surface area (Å²) in [4.78, 5) is 14.5. The Kier molecular flexibility index (Phi) is 6.16. The second kappa shape index (κ2) is 8.75. The second-order valence-corrected chi connectivity index (χ2v) is 6.94. The van der Waals surface area contributed by atoms with Crippen molar-refractivity contribution in [3.05, 3.63) is 59.2 Å². The van der Waals surface area contributed by atoms with E-state index >= 15 is 0 Å². The molecule has 2 aromatic carbocycles. The molecule has 0 aromatic heterocycles. The molecule has 3 rings (SSSR count). The smallest absolute Gasteiger partial charge is 0.220 e. The molecule has 0 saturated carbocycles. The van der Waals surface area contributed by atoms with Gasteiger partial charge in [0.2, 0.25) is 5.91 Å². The maximum absolute atomic E-state index is 12.1. The van der Waals surface area contributed by atoms with Crippen LogP contribution in [-0.4, -0.2) is 26.1 Å². The number of rotatable bonds is 7. The molecule has 138 valence electrons. The molecule has 2 aromatic rings. The van der Waals surface area contributed by atoms with Crippen molar-refractivity contribution >= 4 is 11.6 Å². The number of hydrogen-bond donors (Lipinski definition) is 1. The Morgan fingerprint density at radius 1 is 1.08 bits per heavy atom. The molecule has 4 nitrogen and oxygen atoms in total. The Morgan fingerprint density at radius 2 is 1.77 bits per heavy atom. The number of benzene rings is 2. The summed E-state index contributed by atoms with van der Waals surface area (Å²) in [5, 5.41) is 3.02. The van der Waals surface area contributed by atoms with Crippen LogP contribution in [0.2, 0.25) is 0 Å². The van der Waals surface area contributed by atoms with Crippen LogP contribution < -0.4 is 15.0 Å². The minimum absolute atomic E-state index is 0.0853. The predicted octanol–water partition coefficient (Wildman–Crippen LogP) is 3.85. The van der Waals surface area contributed by atoms with E-state index in [-0.39, 0.29) is 5.91 Å². The van der Waals surface area contributed by atoms with Crippen LogP contribution in [0.25, 0.3) is 0 Å². The van der Waals surface area contributed by atoms with Gasteiger partial charge in [0.05, 0.1) is 7.11 Å². The summed E-state index contributed by atoms with van der Waals surface area (Å²) in [7, 11) is 1.67. The van der Waals surface area contributed by atoms with E-state index in [4.69, 9.17) is 4.74 Å². The van der Waals surface area contributed by atoms with Gasteiger partial charge < -0.3 is 15.0 Å². The van der Waals surface area contributed by atoms with E-state index in [1.165, 1.54) is 18.5 Å². The van der Waals surface area contributed by atoms with Gasteiger partial charge in [-0.15, -0.1) is 0 Å². The number of amides is 1. The highest BCUT2D eigenvalue weighted by molar-refractivity contribution is 5.76. The quantitative estimate of drug-likeness (QED) is 0.823. The summed E-state index contributed by atoms with van der Waals surface area (Å²) in [5.41, 5.74) is 4.69. The van der Waals surface area contributed by atoms with Crippen LogP contribution in [0.5, 0.6) is 5.75 Å². The van der Waals surface area contributed by atoms with E-state index in [2.05, 4.69) is 40.5 Å². The Morgan fingerprint density at radius 3 is 2.42 bits per heavy atom. The molecule has 1 aliphatic heterocycles. The van der Waals surface area contributed by atoms with Gasteiger partial charge in [-0.2, -0.15) is 0 Å². The monoisotopic (exact) mass is 352 g/mol. The zero-order valence-electron chi connectivity index (χ0n) is 15.8. The second-order valence-electron chi connectivity index (χ2n) is 6.94. The Hall–Kier alpha value is -2.49. The lowest BCUT2D eigenvalue weighted by Gasteiger charge is -2.17. The number of carbonyl (C=O) groups is 1. The fraction of sp³-hybridized carbons (Fsp3) is 0.409. The molecule has 1 aliphatic rings. The topological polar surface area (TPSA) is 41.6 Å². The molecule has 4 heteroatoms. The first-order chi connectivity index (χ1) is 12.7. The maximum Gasteiger partial charge on any atom is 0.220 e. The highest BCUT2D eigenvalue weighted by Gasteiger charge is 2.12. The minimum Gasteiger partial charge on any atom is -0.496 e. The van der Waals surface area contributed by atoms with Crippen LogP contribution in [0.4, 0.5) is 5.69 Å². The number of nitrogens with zero attached hydrogens (tertiary/aromatic N) is 1. The normalized spacial score (nSPS) is 13.7. The standard InChI is InChI=1S/C22H28N2O2/c1-17-15-18(7-11-21(17)26-2)8-12-22(25)23-16-19-5-9-20(10-6-19)24-13-3-4-14-24/h5-7,9-11,15H,3-4,8,12-14,16H2,1-2H3,(H,23,25). The first-order valence-corrected chi connectivity index (χ1v) is 9.40. The fourth-order valence-corrected chi connectivity index (χ4v) is 3.44. The number of nitrogens with one attached hydrogen (secondary N) is 1. The number of methoxy groups -OCH3 is 1. The van der Waals surface area contributed by atoms with E-state index < -0.39 is 0 Å². The van der Waals surface area contributed by atoms with Gasteiger partial charge in [-0.3, -0.25) is 4.79 Å². The lowest BCUT2D eigenvalue weighted by Crippen LogP contribution is -2.23. The third kappa shape index (κ3) is 4.78. The van der Waals surface area contributed by atoms with Crippen molar-refractivity contribution in [2.45, 2.75) is 39.2 Å². The van der Waals surface area contributed by atoms with Crippen molar-refractivity contribution in [2.24, 2.45) is 0 Å². The van der Waals surface area contributed by atoms with E-state index in [0.717, 1.165) is 42.0 Å². The lowest BCUT2D eigenvalue weighted by molar-refractivity contribution is -0.121. The highest BCUT2D eigenvalue weighted by Crippen LogP contribution is 2.21. The maximum atomic E-state index is 12.1. The van der Waals surface area contributed by atoms with Crippen LogP contribution in [0, 0.1) is 6.92 Å². The van der Waals surface area contributed by atoms with Crippen LogP contribution in [0.1, 0.15) is 36.0 Å². The average Bonchev–Trinajstić information content (AvgIpc) is 3.20. The van der Waals surface area contributed by atoms with Crippen molar-refractivity contribution in [2.75, 3.05) is 25.1 Å². The Bertz CT molecular complexity index is 734. The molecule has 26 heavy (non-hydrogen) atoms. The third-order valence-corrected chi connectivity index (χ3v) is 5.00. The van der Waals surface area contributed by atoms with Crippen molar-refractivity contribution in [1.29, 1.82) is 0 Å². The molecule has 0 radical (unpaired) electrons. The van der Waals surface area contributed by atoms with Crippen molar-refractivity contribution < 1.29 is 9.53 Å². The molecule has 1 saturated heterocycles. The summed E-state index contributed by atoms with van der Waals surface area (Å²) in [6, 6.07) is 14.6. The number of aryl methyl sites for hydroxylation is 2. The summed E-state index contributed by atoms with van der Waals surface area (Å²) >= 11 is 0. The van der Waals surface area contributed by atoms with Crippen LogP contribution in [0.15, 0.2) is 42.5 Å². The lowest BCUT2D eigenvalue weighted by atomic mass is 10.1. The Balaban J connectivity index is 1.44. The number of ether oxygens (including phenoxy) is 1. The number of anilines is 1. The number of hydrogen-bond acceptors (Lipinski definition) is 3. The summed E-state index contributed by atoms with van der Waals surface area (Å²) < 4.78 is 5.27. The summed E-state index contributed by atoms with van der Waals surface area (Å²) in [6.07, 6.45) is 3.80. The van der Waals surface area contributed by atoms with Crippen molar-refractivity contribution in [1.82, 2.24) is 5.32 Å². The molecule has 1 N–H and O–H groups in total. The Labute approximate surface area is 156 Å². The molecular formula is C22H28N2O2. The van der Waals surface area contributed by atoms with Crippen LogP contribution in [0.3, 0.4) is 0 Å². The zero-order valence-corrected chi connectivity index (χ0v) is 15.8. The van der Waals surface area contributed by atoms with Crippen LogP contribution in [-0.2, 0) is 17.8 Å². The van der Waals surface area contributed by atoms with Crippen LogP contribution >= 0.6 is 0 Å². The molecular weight excluding hydrogens is 324 g/mol. The first-order valence-electron chi connectivity index (χ1n) is 9.40. The van der Waals surface area contributed by atoms with Gasteiger partial charge in [0.15, 0.2) is 0 Å².